The van der Waals surface area contributed by atoms with E-state index in [9.17, 15) is 4.79 Å². The zero-order valence-corrected chi connectivity index (χ0v) is 9.79. The molecule has 1 aliphatic carbocycles. The topological polar surface area (TPSA) is 38.3 Å². The minimum absolute atomic E-state index is 0.0597. The molecule has 88 valence electrons. The van der Waals surface area contributed by atoms with Gasteiger partial charge in [-0.3, -0.25) is 4.79 Å². The van der Waals surface area contributed by atoms with Crippen LogP contribution in [0.5, 0.6) is 0 Å². The van der Waals surface area contributed by atoms with Crippen LogP contribution in [0.1, 0.15) is 26.2 Å². The Hall–Kier alpha value is -1.09. The summed E-state index contributed by atoms with van der Waals surface area (Å²) in [6.45, 7) is 4.53. The highest BCUT2D eigenvalue weighted by Gasteiger charge is 2.25. The summed E-state index contributed by atoms with van der Waals surface area (Å²) in [5.74, 6) is -0.126. The summed E-state index contributed by atoms with van der Waals surface area (Å²) in [5.41, 5.74) is 2.73. The van der Waals surface area contributed by atoms with Gasteiger partial charge in [-0.05, 0) is 18.4 Å². The van der Waals surface area contributed by atoms with Gasteiger partial charge in [0.15, 0.2) is 0 Å². The van der Waals surface area contributed by atoms with Gasteiger partial charge in [0.05, 0.1) is 12.5 Å². The van der Waals surface area contributed by atoms with Crippen molar-refractivity contribution in [3.8, 4) is 0 Å². The molecule has 1 N–H and O–H groups in total. The van der Waals surface area contributed by atoms with Gasteiger partial charge in [0.2, 0.25) is 0 Å². The summed E-state index contributed by atoms with van der Waals surface area (Å²) in [4.78, 5) is 11.7. The quantitative estimate of drug-likeness (QED) is 0.581. The number of carbonyl (C=O) groups excluding carboxylic acids is 1. The lowest BCUT2D eigenvalue weighted by molar-refractivity contribution is -0.146. The zero-order valence-electron chi connectivity index (χ0n) is 9.79. The van der Waals surface area contributed by atoms with Gasteiger partial charge < -0.3 is 10.1 Å². The number of esters is 1. The van der Waals surface area contributed by atoms with Crippen LogP contribution >= 0.6 is 0 Å². The van der Waals surface area contributed by atoms with E-state index in [1.165, 1.54) is 11.1 Å². The molecule has 1 unspecified atom stereocenters. The average Bonchev–Trinajstić information content (AvgIpc) is 2.76. The number of carbonyl (C=O) groups is 1. The summed E-state index contributed by atoms with van der Waals surface area (Å²) in [5, 5.41) is 3.30. The maximum Gasteiger partial charge on any atom is 0.313 e. The summed E-state index contributed by atoms with van der Waals surface area (Å²) in [6, 6.07) is 0. The van der Waals surface area contributed by atoms with Crippen LogP contribution in [0.4, 0.5) is 0 Å². The normalized spacial score (nSPS) is 23.4. The Labute approximate surface area is 96.6 Å². The lowest BCUT2D eigenvalue weighted by atomic mass is 9.91. The minimum Gasteiger partial charge on any atom is -0.465 e. The molecular weight excluding hydrogens is 202 g/mol. The fraction of sp³-hybridized carbons (Fsp3) is 0.615. The second-order valence-electron chi connectivity index (χ2n) is 4.42. The minimum atomic E-state index is -0.0665. The van der Waals surface area contributed by atoms with Gasteiger partial charge in [-0.15, -0.1) is 0 Å². The van der Waals surface area contributed by atoms with Crippen LogP contribution in [-0.4, -0.2) is 25.7 Å². The molecule has 0 bridgehead atoms. The maximum atomic E-state index is 11.7. The fourth-order valence-electron chi connectivity index (χ4n) is 2.12. The monoisotopic (exact) mass is 221 g/mol. The van der Waals surface area contributed by atoms with Crippen LogP contribution in [-0.2, 0) is 9.53 Å². The molecule has 1 heterocycles. The van der Waals surface area contributed by atoms with Crippen LogP contribution in [0.3, 0.4) is 0 Å². The molecule has 1 atom stereocenters. The van der Waals surface area contributed by atoms with Crippen LogP contribution in [0.15, 0.2) is 23.3 Å². The predicted octanol–water partition coefficient (Wildman–Crippen LogP) is 1.81. The number of ether oxygens (including phenoxy) is 1. The molecule has 3 heteroatoms. The third-order valence-electron chi connectivity index (χ3n) is 3.15. The Bertz CT molecular complexity index is 331. The van der Waals surface area contributed by atoms with Crippen LogP contribution < -0.4 is 5.32 Å². The Kier molecular flexibility index (Phi) is 3.78. The smallest absolute Gasteiger partial charge is 0.313 e. The van der Waals surface area contributed by atoms with Gasteiger partial charge in [-0.2, -0.15) is 0 Å². The molecule has 0 saturated carbocycles. The molecule has 0 saturated heterocycles. The van der Waals surface area contributed by atoms with E-state index in [4.69, 9.17) is 4.74 Å². The van der Waals surface area contributed by atoms with Gasteiger partial charge in [-0.1, -0.05) is 31.1 Å². The lowest BCUT2D eigenvalue weighted by Gasteiger charge is -2.17. The second kappa shape index (κ2) is 5.30. The molecule has 0 aromatic heterocycles. The number of nitrogens with one attached hydrogen (secondary N) is 1. The first-order valence-corrected chi connectivity index (χ1v) is 6.07. The second-order valence-corrected chi connectivity index (χ2v) is 4.42. The van der Waals surface area contributed by atoms with Gasteiger partial charge in [0.1, 0.15) is 0 Å². The van der Waals surface area contributed by atoms with Crippen molar-refractivity contribution in [3.63, 3.8) is 0 Å². The van der Waals surface area contributed by atoms with Crippen molar-refractivity contribution >= 4 is 5.97 Å². The standard InChI is InChI=1S/C13H19NO2/c1-2-3-6-16-13(15)10-4-5-11-8-14-9-12(11)7-10/h4-5,10,14H,2-3,6-9H2,1H3. The maximum absolute atomic E-state index is 11.7. The largest absolute Gasteiger partial charge is 0.465 e. The van der Waals surface area contributed by atoms with Crippen molar-refractivity contribution < 1.29 is 9.53 Å². The number of rotatable bonds is 4. The Morgan fingerprint density at radius 3 is 3.25 bits per heavy atom. The van der Waals surface area contributed by atoms with E-state index in [1.54, 1.807) is 0 Å². The van der Waals surface area contributed by atoms with Gasteiger partial charge in [-0.25, -0.2) is 0 Å². The summed E-state index contributed by atoms with van der Waals surface area (Å²) >= 11 is 0. The van der Waals surface area contributed by atoms with Crippen molar-refractivity contribution in [2.24, 2.45) is 5.92 Å². The predicted molar refractivity (Wildman–Crippen MR) is 63.0 cm³/mol. The zero-order chi connectivity index (χ0) is 11.4. The van der Waals surface area contributed by atoms with E-state index in [1.807, 2.05) is 6.08 Å². The molecule has 16 heavy (non-hydrogen) atoms. The number of hydrogen-bond acceptors (Lipinski definition) is 3. The third kappa shape index (κ3) is 2.53. The van der Waals surface area contributed by atoms with E-state index in [2.05, 4.69) is 18.3 Å². The van der Waals surface area contributed by atoms with Crippen molar-refractivity contribution in [1.82, 2.24) is 5.32 Å². The van der Waals surface area contributed by atoms with Gasteiger partial charge >= 0.3 is 5.97 Å². The highest BCUT2D eigenvalue weighted by molar-refractivity contribution is 5.75. The summed E-state index contributed by atoms with van der Waals surface area (Å²) < 4.78 is 5.24. The van der Waals surface area contributed by atoms with Crippen LogP contribution in [0.2, 0.25) is 0 Å². The molecule has 2 rings (SSSR count). The van der Waals surface area contributed by atoms with E-state index < -0.39 is 0 Å². The van der Waals surface area contributed by atoms with E-state index in [0.29, 0.717) is 6.61 Å². The lowest BCUT2D eigenvalue weighted by Crippen LogP contribution is -2.19. The van der Waals surface area contributed by atoms with Gasteiger partial charge in [0, 0.05) is 13.1 Å². The van der Waals surface area contributed by atoms with Crippen LogP contribution in [0, 0.1) is 5.92 Å². The third-order valence-corrected chi connectivity index (χ3v) is 3.15. The molecule has 2 aliphatic rings. The molecule has 0 radical (unpaired) electrons. The average molecular weight is 221 g/mol. The molecular formula is C13H19NO2. The Morgan fingerprint density at radius 1 is 1.56 bits per heavy atom. The number of hydrogen-bond donors (Lipinski definition) is 1. The molecule has 1 aliphatic heterocycles. The van der Waals surface area contributed by atoms with E-state index >= 15 is 0 Å². The number of unbranched alkanes of at least 4 members (excludes halogenated alkanes) is 1. The van der Waals surface area contributed by atoms with E-state index in [-0.39, 0.29) is 11.9 Å². The highest BCUT2D eigenvalue weighted by atomic mass is 16.5. The Morgan fingerprint density at radius 2 is 2.44 bits per heavy atom. The molecule has 0 spiro atoms. The molecule has 0 amide bonds. The van der Waals surface area contributed by atoms with Crippen LogP contribution in [0.25, 0.3) is 0 Å². The van der Waals surface area contributed by atoms with E-state index in [0.717, 1.165) is 32.4 Å². The van der Waals surface area contributed by atoms with Crippen molar-refractivity contribution in [2.75, 3.05) is 19.7 Å². The Balaban J connectivity index is 1.84. The molecule has 0 aromatic rings. The first-order valence-electron chi connectivity index (χ1n) is 6.07. The fourth-order valence-corrected chi connectivity index (χ4v) is 2.12. The van der Waals surface area contributed by atoms with Crippen molar-refractivity contribution in [3.05, 3.63) is 23.3 Å². The summed E-state index contributed by atoms with van der Waals surface area (Å²) in [6.07, 6.45) is 6.92. The molecule has 0 fully saturated rings. The summed E-state index contributed by atoms with van der Waals surface area (Å²) in [7, 11) is 0. The highest BCUT2D eigenvalue weighted by Crippen LogP contribution is 2.26. The SMILES string of the molecule is CCCCOC(=O)C1C=CC2=C(CNC2)C1. The molecule has 3 nitrogen and oxygen atoms in total. The molecule has 0 aromatic carbocycles. The first-order chi connectivity index (χ1) is 7.81. The first kappa shape index (κ1) is 11.4. The van der Waals surface area contributed by atoms with Crippen molar-refractivity contribution in [2.45, 2.75) is 26.2 Å². The van der Waals surface area contributed by atoms with Crippen molar-refractivity contribution in [1.29, 1.82) is 0 Å². The van der Waals surface area contributed by atoms with Gasteiger partial charge in [0.25, 0.3) is 0 Å².